The molecule has 110 valence electrons. The van der Waals surface area contributed by atoms with Crippen LogP contribution in [0.3, 0.4) is 0 Å². The summed E-state index contributed by atoms with van der Waals surface area (Å²) in [6.07, 6.45) is 3.62. The highest BCUT2D eigenvalue weighted by Gasteiger charge is 2.20. The summed E-state index contributed by atoms with van der Waals surface area (Å²) in [5.41, 5.74) is 4.10. The highest BCUT2D eigenvalue weighted by Crippen LogP contribution is 2.35. The Hall–Kier alpha value is -1.23. The van der Waals surface area contributed by atoms with Crippen LogP contribution in [0.4, 0.5) is 0 Å². The molecule has 1 fully saturated rings. The van der Waals surface area contributed by atoms with Gasteiger partial charge in [-0.05, 0) is 24.8 Å². The Morgan fingerprint density at radius 3 is 2.90 bits per heavy atom. The molecule has 1 saturated heterocycles. The molecule has 0 saturated carbocycles. The Morgan fingerprint density at radius 1 is 1.14 bits per heavy atom. The minimum absolute atomic E-state index is 1.02. The molecule has 1 aromatic heterocycles. The van der Waals surface area contributed by atoms with Gasteiger partial charge in [-0.25, -0.2) is 4.98 Å². The first kappa shape index (κ1) is 13.4. The lowest BCUT2D eigenvalue weighted by Crippen LogP contribution is -2.42. The number of hydrogen-bond acceptors (Lipinski definition) is 4. The Kier molecular flexibility index (Phi) is 3.76. The molecule has 1 aliphatic carbocycles. The van der Waals surface area contributed by atoms with Gasteiger partial charge in [-0.15, -0.1) is 11.3 Å². The lowest BCUT2D eigenvalue weighted by molar-refractivity contribution is 0.233. The number of fused-ring (bicyclic) bond motifs is 3. The maximum Gasteiger partial charge on any atom is 0.108 e. The van der Waals surface area contributed by atoms with Crippen LogP contribution in [-0.2, 0) is 19.4 Å². The van der Waals surface area contributed by atoms with E-state index in [1.165, 1.54) is 46.0 Å². The van der Waals surface area contributed by atoms with E-state index in [0.717, 1.165) is 32.7 Å². The smallest absolute Gasteiger partial charge is 0.108 e. The van der Waals surface area contributed by atoms with Crippen LogP contribution in [0.1, 0.15) is 21.9 Å². The van der Waals surface area contributed by atoms with E-state index in [1.807, 2.05) is 11.3 Å². The number of thiazole rings is 1. The number of nitrogens with zero attached hydrogens (tertiary/aromatic N) is 2. The minimum atomic E-state index is 1.02. The largest absolute Gasteiger partial charge is 0.314 e. The molecule has 2 aliphatic rings. The van der Waals surface area contributed by atoms with Gasteiger partial charge in [0, 0.05) is 36.6 Å². The van der Waals surface area contributed by atoms with E-state index in [-0.39, 0.29) is 0 Å². The maximum atomic E-state index is 5.00. The van der Waals surface area contributed by atoms with Gasteiger partial charge in [-0.3, -0.25) is 4.90 Å². The summed E-state index contributed by atoms with van der Waals surface area (Å²) in [4.78, 5) is 9.01. The first-order chi connectivity index (χ1) is 10.4. The summed E-state index contributed by atoms with van der Waals surface area (Å²) >= 11 is 1.93. The molecule has 4 rings (SSSR count). The van der Waals surface area contributed by atoms with Gasteiger partial charge in [0.2, 0.25) is 0 Å². The van der Waals surface area contributed by atoms with Crippen molar-refractivity contribution >= 4 is 11.3 Å². The molecule has 0 atom stereocenters. The van der Waals surface area contributed by atoms with Gasteiger partial charge in [-0.1, -0.05) is 24.3 Å². The van der Waals surface area contributed by atoms with Crippen molar-refractivity contribution < 1.29 is 0 Å². The quantitative estimate of drug-likeness (QED) is 0.924. The summed E-state index contributed by atoms with van der Waals surface area (Å²) in [7, 11) is 0. The van der Waals surface area contributed by atoms with Gasteiger partial charge < -0.3 is 5.32 Å². The molecular weight excluding hydrogens is 278 g/mol. The Morgan fingerprint density at radius 2 is 2.00 bits per heavy atom. The standard InChI is InChI=1S/C17H21N3S/c1-2-6-14-13(4-1)5-3-7-15-17(14)19-16(21-15)12-20-10-8-18-9-11-20/h1-2,4,6,18H,3,5,7-12H2. The second-order valence-electron chi connectivity index (χ2n) is 5.92. The number of rotatable bonds is 2. The van der Waals surface area contributed by atoms with Crippen molar-refractivity contribution in [2.24, 2.45) is 0 Å². The number of nitrogens with one attached hydrogen (secondary N) is 1. The van der Waals surface area contributed by atoms with Crippen molar-refractivity contribution in [1.82, 2.24) is 15.2 Å². The molecule has 0 amide bonds. The molecule has 1 aromatic carbocycles. The minimum Gasteiger partial charge on any atom is -0.314 e. The number of piperazine rings is 1. The third-order valence-electron chi connectivity index (χ3n) is 4.43. The molecule has 0 bridgehead atoms. The fourth-order valence-electron chi connectivity index (χ4n) is 3.32. The van der Waals surface area contributed by atoms with E-state index in [4.69, 9.17) is 4.98 Å². The maximum absolute atomic E-state index is 5.00. The molecule has 21 heavy (non-hydrogen) atoms. The molecule has 2 heterocycles. The van der Waals surface area contributed by atoms with E-state index < -0.39 is 0 Å². The lowest BCUT2D eigenvalue weighted by Gasteiger charge is -2.26. The van der Waals surface area contributed by atoms with E-state index in [1.54, 1.807) is 0 Å². The Balaban J connectivity index is 1.63. The number of aryl methyl sites for hydroxylation is 2. The van der Waals surface area contributed by atoms with Gasteiger partial charge in [0.25, 0.3) is 0 Å². The average Bonchev–Trinajstić information content (AvgIpc) is 2.83. The molecule has 3 nitrogen and oxygen atoms in total. The molecule has 2 aromatic rings. The van der Waals surface area contributed by atoms with Gasteiger partial charge in [0.15, 0.2) is 0 Å². The second kappa shape index (κ2) is 5.87. The molecule has 0 spiro atoms. The SMILES string of the molecule is c1ccc2c(c1)CCCc1sc(CN3CCNCC3)nc1-2. The van der Waals surface area contributed by atoms with E-state index >= 15 is 0 Å². The molecular formula is C17H21N3S. The van der Waals surface area contributed by atoms with E-state index in [2.05, 4.69) is 34.5 Å². The molecule has 1 N–H and O–H groups in total. The van der Waals surface area contributed by atoms with Crippen molar-refractivity contribution in [2.75, 3.05) is 26.2 Å². The van der Waals surface area contributed by atoms with Crippen molar-refractivity contribution in [2.45, 2.75) is 25.8 Å². The van der Waals surface area contributed by atoms with Crippen LogP contribution in [0.5, 0.6) is 0 Å². The van der Waals surface area contributed by atoms with Gasteiger partial charge in [0.05, 0.1) is 12.2 Å². The van der Waals surface area contributed by atoms with Crippen LogP contribution in [0.2, 0.25) is 0 Å². The first-order valence-corrected chi connectivity index (χ1v) is 8.72. The van der Waals surface area contributed by atoms with Crippen LogP contribution in [0.15, 0.2) is 24.3 Å². The van der Waals surface area contributed by atoms with E-state index in [0.29, 0.717) is 0 Å². The van der Waals surface area contributed by atoms with Crippen molar-refractivity contribution in [1.29, 1.82) is 0 Å². The number of hydrogen-bond donors (Lipinski definition) is 1. The lowest BCUT2D eigenvalue weighted by atomic mass is 10.0. The third-order valence-corrected chi connectivity index (χ3v) is 5.53. The normalized spacial score (nSPS) is 18.9. The molecule has 0 radical (unpaired) electrons. The van der Waals surface area contributed by atoms with Crippen LogP contribution in [-0.4, -0.2) is 36.1 Å². The Labute approximate surface area is 130 Å². The highest BCUT2D eigenvalue weighted by atomic mass is 32.1. The van der Waals surface area contributed by atoms with Crippen LogP contribution < -0.4 is 5.32 Å². The van der Waals surface area contributed by atoms with Crippen molar-refractivity contribution in [3.63, 3.8) is 0 Å². The zero-order valence-electron chi connectivity index (χ0n) is 12.3. The van der Waals surface area contributed by atoms with Crippen molar-refractivity contribution in [3.05, 3.63) is 39.7 Å². The topological polar surface area (TPSA) is 28.2 Å². The number of aromatic nitrogens is 1. The van der Waals surface area contributed by atoms with Gasteiger partial charge >= 0.3 is 0 Å². The van der Waals surface area contributed by atoms with Crippen LogP contribution in [0.25, 0.3) is 11.3 Å². The molecule has 1 aliphatic heterocycles. The average molecular weight is 299 g/mol. The van der Waals surface area contributed by atoms with Crippen LogP contribution in [0, 0.1) is 0 Å². The summed E-state index contributed by atoms with van der Waals surface area (Å²) in [5, 5.41) is 4.70. The zero-order valence-corrected chi connectivity index (χ0v) is 13.1. The molecule has 4 heteroatoms. The monoisotopic (exact) mass is 299 g/mol. The van der Waals surface area contributed by atoms with Gasteiger partial charge in [-0.2, -0.15) is 0 Å². The summed E-state index contributed by atoms with van der Waals surface area (Å²) in [6.45, 7) is 5.50. The summed E-state index contributed by atoms with van der Waals surface area (Å²) in [5.74, 6) is 0. The Bertz CT molecular complexity index is 629. The highest BCUT2D eigenvalue weighted by molar-refractivity contribution is 7.12. The third kappa shape index (κ3) is 2.76. The predicted molar refractivity (Wildman–Crippen MR) is 87.7 cm³/mol. The van der Waals surface area contributed by atoms with Gasteiger partial charge in [0.1, 0.15) is 5.01 Å². The van der Waals surface area contributed by atoms with Crippen molar-refractivity contribution in [3.8, 4) is 11.3 Å². The fourth-order valence-corrected chi connectivity index (χ4v) is 4.48. The number of benzene rings is 1. The summed E-state index contributed by atoms with van der Waals surface area (Å²) < 4.78 is 0. The van der Waals surface area contributed by atoms with Crippen LogP contribution >= 0.6 is 11.3 Å². The molecule has 0 unspecified atom stereocenters. The predicted octanol–water partition coefficient (Wildman–Crippen LogP) is 2.70. The summed E-state index contributed by atoms with van der Waals surface area (Å²) in [6, 6.07) is 8.80. The second-order valence-corrected chi connectivity index (χ2v) is 7.08. The fraction of sp³-hybridized carbons (Fsp3) is 0.471. The first-order valence-electron chi connectivity index (χ1n) is 7.90. The zero-order chi connectivity index (χ0) is 14.1. The van der Waals surface area contributed by atoms with E-state index in [9.17, 15) is 0 Å².